The van der Waals surface area contributed by atoms with Crippen molar-refractivity contribution < 1.29 is 17.2 Å². The monoisotopic (exact) mass is 312 g/mol. The molecular formula is C3H8I2N-. The van der Waals surface area contributed by atoms with E-state index in [1.807, 2.05) is 0 Å². The molecule has 0 aromatic heterocycles. The molecule has 1 saturated heterocycles. The quantitative estimate of drug-likeness (QED) is 0.353. The van der Waals surface area contributed by atoms with Gasteiger partial charge in [-0.15, -0.1) is 0 Å². The summed E-state index contributed by atoms with van der Waals surface area (Å²) in [7, 11) is 0. The Balaban J connectivity index is 1.88. The minimum atomic E-state index is -0.197. The van der Waals surface area contributed by atoms with Crippen LogP contribution in [0.3, 0.4) is 0 Å². The van der Waals surface area contributed by atoms with E-state index in [0.29, 0.717) is 0 Å². The minimum absolute atomic E-state index is 0.197. The number of halogens is 2. The van der Waals surface area contributed by atoms with Crippen molar-refractivity contribution in [3.8, 4) is 0 Å². The zero-order valence-electron chi connectivity index (χ0n) is 3.67. The molecule has 0 aliphatic carbocycles. The first-order chi connectivity index (χ1) is 2.93. The van der Waals surface area contributed by atoms with Gasteiger partial charge in [0.05, 0.1) is 0 Å². The Labute approximate surface area is 52.3 Å². The van der Waals surface area contributed by atoms with Crippen LogP contribution < -0.4 is 20.8 Å². The molecule has 1 nitrogen and oxygen atoms in total. The Bertz CT molecular complexity index is 44.1. The first-order valence-electron chi connectivity index (χ1n) is 1.93. The van der Waals surface area contributed by atoms with Crippen molar-refractivity contribution >= 4 is 16.1 Å². The van der Waals surface area contributed by atoms with Crippen LogP contribution >= 0.6 is 16.1 Å². The van der Waals surface area contributed by atoms with E-state index in [1.54, 1.807) is 2.43 Å². The standard InChI is InChI=1S/C3H8I2N/c1-2-6-5-3-4-5/h6H,2-3H2,1H3/q-1. The van der Waals surface area contributed by atoms with Crippen molar-refractivity contribution in [2.45, 2.75) is 6.92 Å². The van der Waals surface area contributed by atoms with E-state index in [1.165, 1.54) is 6.54 Å². The fraction of sp³-hybridized carbons (Fsp3) is 1.00. The van der Waals surface area contributed by atoms with Gasteiger partial charge >= 0.3 is 52.8 Å². The van der Waals surface area contributed by atoms with Crippen LogP contribution in [0.15, 0.2) is 0 Å². The zero-order chi connectivity index (χ0) is 4.41. The fourth-order valence-electron chi connectivity index (χ4n) is 0.236. The molecule has 1 rings (SSSR count). The van der Waals surface area contributed by atoms with Gasteiger partial charge in [0.2, 0.25) is 0 Å². The van der Waals surface area contributed by atoms with Gasteiger partial charge in [-0.2, -0.15) is 0 Å². The second kappa shape index (κ2) is 2.66. The Hall–Kier alpha value is 1.42. The van der Waals surface area contributed by atoms with Gasteiger partial charge in [-0.25, -0.2) is 0 Å². The van der Waals surface area contributed by atoms with Crippen molar-refractivity contribution in [3.05, 3.63) is 0 Å². The van der Waals surface area contributed by atoms with Crippen molar-refractivity contribution in [1.29, 1.82) is 0 Å². The van der Waals surface area contributed by atoms with Gasteiger partial charge in [0.1, 0.15) is 0 Å². The molecule has 1 N–H and O–H groups in total. The molecular weight excluding hydrogens is 304 g/mol. The summed E-state index contributed by atoms with van der Waals surface area (Å²) in [6, 6.07) is 0. The third-order valence-electron chi connectivity index (χ3n) is 0.481. The topological polar surface area (TPSA) is 12.0 Å². The normalized spacial score (nSPS) is 25.8. The molecule has 1 aliphatic heterocycles. The Kier molecular flexibility index (Phi) is 2.46. The van der Waals surface area contributed by atoms with E-state index in [9.17, 15) is 0 Å². The summed E-state index contributed by atoms with van der Waals surface area (Å²) in [4.78, 5) is 0. The molecule has 40 valence electrons. The van der Waals surface area contributed by atoms with E-state index < -0.39 is 0 Å². The molecule has 0 atom stereocenters. The van der Waals surface area contributed by atoms with Gasteiger partial charge in [0, 0.05) is 0 Å². The SMILES string of the molecule is CCNI1C[I-]1. The first kappa shape index (κ1) is 5.55. The predicted molar refractivity (Wildman–Crippen MR) is 32.6 cm³/mol. The van der Waals surface area contributed by atoms with Crippen molar-refractivity contribution in [3.63, 3.8) is 0 Å². The molecule has 0 amide bonds. The molecule has 0 aromatic carbocycles. The number of hydrogen-bond donors (Lipinski definition) is 1. The third kappa shape index (κ3) is 1.92. The average Bonchev–Trinajstić information content (AvgIpc) is 2.21. The zero-order valence-corrected chi connectivity index (χ0v) is 7.99. The summed E-state index contributed by atoms with van der Waals surface area (Å²) in [6.45, 7) is 3.45. The van der Waals surface area contributed by atoms with Crippen LogP contribution in [-0.2, 0) is 0 Å². The first-order valence-corrected chi connectivity index (χ1v) is 12.3. The maximum absolute atomic E-state index is 3.52. The van der Waals surface area contributed by atoms with Crippen molar-refractivity contribution in [2.75, 3.05) is 8.98 Å². The maximum atomic E-state index is 3.52. The molecule has 0 unspecified atom stereocenters. The summed E-state index contributed by atoms with van der Waals surface area (Å²) in [5.41, 5.74) is 0. The molecule has 6 heavy (non-hydrogen) atoms. The summed E-state index contributed by atoms with van der Waals surface area (Å²) in [6.07, 6.45) is 0. The predicted octanol–water partition coefficient (Wildman–Crippen LogP) is -2.01. The van der Waals surface area contributed by atoms with Gasteiger partial charge in [0.15, 0.2) is 0 Å². The Morgan fingerprint density at radius 3 is 2.83 bits per heavy atom. The van der Waals surface area contributed by atoms with Crippen molar-refractivity contribution in [1.82, 2.24) is 3.53 Å². The molecule has 0 radical (unpaired) electrons. The molecule has 1 aliphatic rings. The number of hydrogen-bond acceptors (Lipinski definition) is 1. The van der Waals surface area contributed by atoms with Gasteiger partial charge < -0.3 is 0 Å². The van der Waals surface area contributed by atoms with E-state index >= 15 is 0 Å². The number of nitrogens with one attached hydrogen (secondary N) is 1. The molecule has 0 saturated carbocycles. The second-order valence-electron chi connectivity index (χ2n) is 0.995. The van der Waals surface area contributed by atoms with Crippen LogP contribution in [0.4, 0.5) is 0 Å². The molecule has 1 fully saturated rings. The summed E-state index contributed by atoms with van der Waals surface area (Å²) in [5, 5.41) is 0. The molecule has 1 heterocycles. The molecule has 0 aromatic rings. The van der Waals surface area contributed by atoms with Crippen LogP contribution in [0, 0.1) is 0 Å². The molecule has 0 bridgehead atoms. The third-order valence-corrected chi connectivity index (χ3v) is 12.9. The summed E-state index contributed by atoms with van der Waals surface area (Å²) < 4.78 is 5.20. The van der Waals surface area contributed by atoms with Gasteiger partial charge in [-0.05, 0) is 0 Å². The van der Waals surface area contributed by atoms with Crippen LogP contribution in [0.25, 0.3) is 0 Å². The van der Waals surface area contributed by atoms with Gasteiger partial charge in [-0.1, -0.05) is 0 Å². The molecule has 0 spiro atoms. The van der Waals surface area contributed by atoms with E-state index in [4.69, 9.17) is 0 Å². The Morgan fingerprint density at radius 2 is 2.67 bits per heavy atom. The van der Waals surface area contributed by atoms with Gasteiger partial charge in [-0.3, -0.25) is 0 Å². The van der Waals surface area contributed by atoms with E-state index in [0.717, 1.165) is 17.2 Å². The van der Waals surface area contributed by atoms with Crippen LogP contribution in [0.2, 0.25) is 0 Å². The number of rotatable bonds is 2. The van der Waals surface area contributed by atoms with E-state index in [-0.39, 0.29) is 16.1 Å². The van der Waals surface area contributed by atoms with Crippen LogP contribution in [-0.4, -0.2) is 8.98 Å². The van der Waals surface area contributed by atoms with Crippen LogP contribution in [0.5, 0.6) is 0 Å². The van der Waals surface area contributed by atoms with Crippen molar-refractivity contribution in [2.24, 2.45) is 0 Å². The Morgan fingerprint density at radius 1 is 2.00 bits per heavy atom. The summed E-state index contributed by atoms with van der Waals surface area (Å²) >= 11 is 0.616. The van der Waals surface area contributed by atoms with E-state index in [2.05, 4.69) is 10.5 Å². The molecule has 3 heteroatoms. The van der Waals surface area contributed by atoms with Gasteiger partial charge in [0.25, 0.3) is 0 Å². The summed E-state index contributed by atoms with van der Waals surface area (Å²) in [5.74, 6) is 0. The number of alkyl halides is 2. The average molecular weight is 312 g/mol. The van der Waals surface area contributed by atoms with Crippen LogP contribution in [0.1, 0.15) is 6.92 Å². The fourth-order valence-corrected chi connectivity index (χ4v) is 11.9. The second-order valence-corrected chi connectivity index (χ2v) is 19.0.